The van der Waals surface area contributed by atoms with Gasteiger partial charge in [-0.3, -0.25) is 14.6 Å². The number of anilines is 1. The van der Waals surface area contributed by atoms with E-state index in [0.717, 1.165) is 42.1 Å². The molecular weight excluding hydrogens is 416 g/mol. The van der Waals surface area contributed by atoms with Crippen LogP contribution in [0.5, 0.6) is 0 Å². The van der Waals surface area contributed by atoms with Crippen LogP contribution in [0.25, 0.3) is 22.3 Å². The van der Waals surface area contributed by atoms with E-state index in [1.807, 2.05) is 18.2 Å². The molecule has 2 aromatic heterocycles. The number of pyridine rings is 1. The van der Waals surface area contributed by atoms with Crippen molar-refractivity contribution in [2.45, 2.75) is 37.8 Å². The van der Waals surface area contributed by atoms with Gasteiger partial charge in [0.2, 0.25) is 5.91 Å². The van der Waals surface area contributed by atoms with Gasteiger partial charge in [0.05, 0.1) is 11.2 Å². The van der Waals surface area contributed by atoms with E-state index in [1.165, 1.54) is 6.08 Å². The van der Waals surface area contributed by atoms with Crippen LogP contribution in [0.4, 0.5) is 5.69 Å². The molecule has 1 saturated carbocycles. The molecule has 0 saturated heterocycles. The molecule has 1 aliphatic carbocycles. The van der Waals surface area contributed by atoms with Crippen molar-refractivity contribution in [1.29, 1.82) is 0 Å². The maximum Gasteiger partial charge on any atom is 0.270 e. The van der Waals surface area contributed by atoms with E-state index in [2.05, 4.69) is 51.2 Å². The maximum atomic E-state index is 12.9. The molecule has 0 unspecified atom stereocenters. The number of amides is 2. The molecule has 2 amide bonds. The zero-order valence-corrected chi connectivity index (χ0v) is 18.9. The number of carbonyl (C=O) groups excluding carboxylic acids is 2. The summed E-state index contributed by atoms with van der Waals surface area (Å²) < 4.78 is 0. The highest BCUT2D eigenvalue weighted by Crippen LogP contribution is 2.27. The molecule has 0 spiro atoms. The summed E-state index contributed by atoms with van der Waals surface area (Å²) in [4.78, 5) is 40.1. The molecule has 2 N–H and O–H groups in total. The van der Waals surface area contributed by atoms with Gasteiger partial charge < -0.3 is 15.5 Å². The Morgan fingerprint density at radius 2 is 1.82 bits per heavy atom. The Morgan fingerprint density at radius 3 is 2.55 bits per heavy atom. The third kappa shape index (κ3) is 5.23. The van der Waals surface area contributed by atoms with Crippen LogP contribution in [0.3, 0.4) is 0 Å². The molecular formula is C25H28N6O2. The van der Waals surface area contributed by atoms with E-state index in [0.29, 0.717) is 23.2 Å². The maximum absolute atomic E-state index is 12.9. The smallest absolute Gasteiger partial charge is 0.270 e. The van der Waals surface area contributed by atoms with Gasteiger partial charge in [0.1, 0.15) is 5.69 Å². The minimum absolute atomic E-state index is 0.162. The summed E-state index contributed by atoms with van der Waals surface area (Å²) in [7, 11) is 4.20. The fourth-order valence-electron chi connectivity index (χ4n) is 4.20. The quantitative estimate of drug-likeness (QED) is 0.565. The molecule has 0 bridgehead atoms. The summed E-state index contributed by atoms with van der Waals surface area (Å²) in [6.45, 7) is 3.49. The molecule has 0 atom stereocenters. The molecule has 0 aliphatic heterocycles. The van der Waals surface area contributed by atoms with Crippen LogP contribution < -0.4 is 10.6 Å². The van der Waals surface area contributed by atoms with Crippen molar-refractivity contribution in [3.05, 3.63) is 61.1 Å². The van der Waals surface area contributed by atoms with Crippen LogP contribution in [-0.2, 0) is 4.79 Å². The van der Waals surface area contributed by atoms with Crippen molar-refractivity contribution in [3.63, 3.8) is 0 Å². The largest absolute Gasteiger partial charge is 0.348 e. The van der Waals surface area contributed by atoms with E-state index in [9.17, 15) is 9.59 Å². The minimum atomic E-state index is -0.303. The van der Waals surface area contributed by atoms with E-state index < -0.39 is 0 Å². The first kappa shape index (κ1) is 22.5. The minimum Gasteiger partial charge on any atom is -0.348 e. The molecule has 3 aromatic rings. The van der Waals surface area contributed by atoms with Gasteiger partial charge >= 0.3 is 0 Å². The summed E-state index contributed by atoms with van der Waals surface area (Å²) in [5, 5.41) is 6.67. The third-order valence-corrected chi connectivity index (χ3v) is 6.09. The number of hydrogen-bond donors (Lipinski definition) is 2. The first-order chi connectivity index (χ1) is 15.9. The van der Waals surface area contributed by atoms with Crippen molar-refractivity contribution >= 4 is 28.4 Å². The van der Waals surface area contributed by atoms with Crippen LogP contribution in [0.1, 0.15) is 36.2 Å². The molecule has 1 aromatic carbocycles. The standard InChI is InChI=1S/C25H28N6O2/c1-4-23(32)29-21-11-13-26-20-10-5-16(15-19(20)21)24-27-14-12-22(30-24)25(33)28-17-6-8-18(9-7-17)31(2)3/h4-5,10-15,17-18H,1,6-9H2,2-3H3,(H,28,33)(H,26,29,32)/t17-,18-. The Bertz CT molecular complexity index is 1180. The lowest BCUT2D eigenvalue weighted by molar-refractivity contribution is -0.111. The van der Waals surface area contributed by atoms with Gasteiger partial charge in [-0.1, -0.05) is 6.58 Å². The predicted molar refractivity (Wildman–Crippen MR) is 129 cm³/mol. The molecule has 33 heavy (non-hydrogen) atoms. The molecule has 4 rings (SSSR count). The van der Waals surface area contributed by atoms with Crippen molar-refractivity contribution in [1.82, 2.24) is 25.2 Å². The number of nitrogens with one attached hydrogen (secondary N) is 2. The predicted octanol–water partition coefficient (Wildman–Crippen LogP) is 3.42. The van der Waals surface area contributed by atoms with Crippen molar-refractivity contribution < 1.29 is 9.59 Å². The highest BCUT2D eigenvalue weighted by Gasteiger charge is 2.24. The highest BCUT2D eigenvalue weighted by atomic mass is 16.2. The average Bonchev–Trinajstić information content (AvgIpc) is 2.84. The number of aromatic nitrogens is 3. The fourth-order valence-corrected chi connectivity index (χ4v) is 4.20. The van der Waals surface area contributed by atoms with E-state index in [1.54, 1.807) is 24.5 Å². The Morgan fingerprint density at radius 1 is 1.06 bits per heavy atom. The number of benzene rings is 1. The molecule has 2 heterocycles. The number of carbonyl (C=O) groups is 2. The first-order valence-corrected chi connectivity index (χ1v) is 11.1. The number of fused-ring (bicyclic) bond motifs is 1. The molecule has 170 valence electrons. The van der Waals surface area contributed by atoms with Crippen LogP contribution in [0.2, 0.25) is 0 Å². The lowest BCUT2D eigenvalue weighted by Gasteiger charge is -2.32. The van der Waals surface area contributed by atoms with Crippen LogP contribution in [0.15, 0.2) is 55.4 Å². The second-order valence-corrected chi connectivity index (χ2v) is 8.49. The van der Waals surface area contributed by atoms with Gasteiger partial charge in [0.25, 0.3) is 5.91 Å². The highest BCUT2D eigenvalue weighted by molar-refractivity contribution is 6.05. The summed E-state index contributed by atoms with van der Waals surface area (Å²) in [5.74, 6) is -0.0542. The Labute approximate surface area is 193 Å². The van der Waals surface area contributed by atoms with Crippen LogP contribution in [-0.4, -0.2) is 57.8 Å². The zero-order chi connectivity index (χ0) is 23.4. The number of rotatable bonds is 6. The number of nitrogens with zero attached hydrogens (tertiary/aromatic N) is 4. The van der Waals surface area contributed by atoms with Crippen molar-refractivity contribution in [2.75, 3.05) is 19.4 Å². The summed E-state index contributed by atoms with van der Waals surface area (Å²) in [5.41, 5.74) is 2.41. The van der Waals surface area contributed by atoms with E-state index in [-0.39, 0.29) is 17.9 Å². The molecule has 1 aliphatic rings. The van der Waals surface area contributed by atoms with Gasteiger partial charge in [-0.25, -0.2) is 9.97 Å². The normalized spacial score (nSPS) is 18.2. The number of hydrogen-bond acceptors (Lipinski definition) is 6. The molecule has 8 heteroatoms. The summed E-state index contributed by atoms with van der Waals surface area (Å²) in [6.07, 6.45) is 8.51. The second-order valence-electron chi connectivity index (χ2n) is 8.49. The molecule has 8 nitrogen and oxygen atoms in total. The van der Waals surface area contributed by atoms with Crippen LogP contribution >= 0.6 is 0 Å². The van der Waals surface area contributed by atoms with Crippen molar-refractivity contribution in [2.24, 2.45) is 0 Å². The fraction of sp³-hybridized carbons (Fsp3) is 0.320. The van der Waals surface area contributed by atoms with E-state index in [4.69, 9.17) is 0 Å². The molecule has 0 radical (unpaired) electrons. The van der Waals surface area contributed by atoms with Crippen molar-refractivity contribution in [3.8, 4) is 11.4 Å². The SMILES string of the molecule is C=CC(=O)Nc1ccnc2ccc(-c3nccc(C(=O)N[C@H]4CC[C@H](N(C)C)CC4)n3)cc12. The van der Waals surface area contributed by atoms with Gasteiger partial charge in [-0.15, -0.1) is 0 Å². The Hall–Kier alpha value is -3.65. The first-order valence-electron chi connectivity index (χ1n) is 11.1. The second kappa shape index (κ2) is 9.87. The lowest BCUT2D eigenvalue weighted by atomic mass is 9.90. The van der Waals surface area contributed by atoms with Gasteiger partial charge in [0, 0.05) is 35.4 Å². The topological polar surface area (TPSA) is 100 Å². The summed E-state index contributed by atoms with van der Waals surface area (Å²) in [6, 6.07) is 9.65. The monoisotopic (exact) mass is 444 g/mol. The van der Waals surface area contributed by atoms with E-state index >= 15 is 0 Å². The average molecular weight is 445 g/mol. The Kier molecular flexibility index (Phi) is 6.74. The summed E-state index contributed by atoms with van der Waals surface area (Å²) >= 11 is 0. The lowest BCUT2D eigenvalue weighted by Crippen LogP contribution is -2.42. The zero-order valence-electron chi connectivity index (χ0n) is 18.9. The van der Waals surface area contributed by atoms with Gasteiger partial charge in [-0.2, -0.15) is 0 Å². The molecule has 1 fully saturated rings. The van der Waals surface area contributed by atoms with Gasteiger partial charge in [-0.05, 0) is 76.2 Å². The Balaban J connectivity index is 1.53. The van der Waals surface area contributed by atoms with Gasteiger partial charge in [0.15, 0.2) is 5.82 Å². The van der Waals surface area contributed by atoms with Crippen LogP contribution in [0, 0.1) is 0 Å². The third-order valence-electron chi connectivity index (χ3n) is 6.09.